The molecule has 0 radical (unpaired) electrons. The van der Waals surface area contributed by atoms with Crippen molar-refractivity contribution in [3.63, 3.8) is 0 Å². The Hall–Kier alpha value is -1.97. The van der Waals surface area contributed by atoms with Crippen LogP contribution in [0.2, 0.25) is 0 Å². The summed E-state index contributed by atoms with van der Waals surface area (Å²) in [4.78, 5) is 0. The lowest BCUT2D eigenvalue weighted by atomic mass is 9.96. The summed E-state index contributed by atoms with van der Waals surface area (Å²) in [6, 6.07) is 13.4. The summed E-state index contributed by atoms with van der Waals surface area (Å²) in [5, 5.41) is 0. The number of ether oxygens (including phenoxy) is 1. The molecular formula is C16H13F3O. The van der Waals surface area contributed by atoms with E-state index in [9.17, 15) is 13.2 Å². The van der Waals surface area contributed by atoms with Crippen molar-refractivity contribution in [2.45, 2.75) is 25.1 Å². The summed E-state index contributed by atoms with van der Waals surface area (Å²) >= 11 is 0. The van der Waals surface area contributed by atoms with Gasteiger partial charge in [0.15, 0.2) is 0 Å². The van der Waals surface area contributed by atoms with E-state index in [4.69, 9.17) is 4.74 Å². The van der Waals surface area contributed by atoms with Crippen LogP contribution in [0.15, 0.2) is 48.5 Å². The lowest BCUT2D eigenvalue weighted by molar-refractivity contribution is -0.137. The predicted octanol–water partition coefficient (Wildman–Crippen LogP) is 4.77. The van der Waals surface area contributed by atoms with Crippen LogP contribution in [0.25, 0.3) is 0 Å². The summed E-state index contributed by atoms with van der Waals surface area (Å²) in [5.74, 6) is 0.554. The van der Waals surface area contributed by atoms with Crippen molar-refractivity contribution in [3.05, 3.63) is 65.2 Å². The highest BCUT2D eigenvalue weighted by molar-refractivity contribution is 5.40. The second kappa shape index (κ2) is 4.85. The molecule has 1 aliphatic rings. The number of hydrogen-bond donors (Lipinski definition) is 0. The Kier molecular flexibility index (Phi) is 3.16. The van der Waals surface area contributed by atoms with E-state index in [1.165, 1.54) is 12.1 Å². The van der Waals surface area contributed by atoms with Crippen molar-refractivity contribution in [2.24, 2.45) is 0 Å². The van der Waals surface area contributed by atoms with Crippen molar-refractivity contribution in [3.8, 4) is 5.75 Å². The summed E-state index contributed by atoms with van der Waals surface area (Å²) < 4.78 is 43.8. The second-order valence-corrected chi connectivity index (χ2v) is 4.88. The molecule has 0 fully saturated rings. The summed E-state index contributed by atoms with van der Waals surface area (Å²) in [7, 11) is 0. The van der Waals surface area contributed by atoms with E-state index in [-0.39, 0.29) is 6.10 Å². The number of fused-ring (bicyclic) bond motifs is 1. The standard InChI is InChI=1S/C16H13F3O/c17-16(18,19)13-7-9-15-12(10-13)6-8-14(20-15)11-4-2-1-3-5-11/h1-5,7,9-10,14H,6,8H2. The average molecular weight is 278 g/mol. The number of alkyl halides is 3. The van der Waals surface area contributed by atoms with Crippen molar-refractivity contribution in [1.82, 2.24) is 0 Å². The van der Waals surface area contributed by atoms with Gasteiger partial charge in [-0.05, 0) is 42.2 Å². The van der Waals surface area contributed by atoms with E-state index < -0.39 is 11.7 Å². The maximum Gasteiger partial charge on any atom is 0.416 e. The fourth-order valence-electron chi connectivity index (χ4n) is 2.47. The predicted molar refractivity (Wildman–Crippen MR) is 69.6 cm³/mol. The molecule has 0 aromatic heterocycles. The highest BCUT2D eigenvalue weighted by atomic mass is 19.4. The zero-order valence-electron chi connectivity index (χ0n) is 10.7. The number of aryl methyl sites for hydroxylation is 1. The Morgan fingerprint density at radius 3 is 2.45 bits per heavy atom. The van der Waals surface area contributed by atoms with Crippen LogP contribution >= 0.6 is 0 Å². The van der Waals surface area contributed by atoms with Crippen LogP contribution < -0.4 is 4.74 Å². The van der Waals surface area contributed by atoms with Crippen molar-refractivity contribution >= 4 is 0 Å². The molecule has 2 aromatic rings. The summed E-state index contributed by atoms with van der Waals surface area (Å²) in [6.07, 6.45) is -3.09. The van der Waals surface area contributed by atoms with E-state index in [1.54, 1.807) is 0 Å². The molecule has 1 heterocycles. The first-order valence-electron chi connectivity index (χ1n) is 6.46. The lowest BCUT2D eigenvalue weighted by Crippen LogP contribution is -2.16. The molecule has 0 aliphatic carbocycles. The molecule has 1 nitrogen and oxygen atoms in total. The minimum Gasteiger partial charge on any atom is -0.485 e. The Bertz CT molecular complexity index is 605. The highest BCUT2D eigenvalue weighted by Gasteiger charge is 2.32. The van der Waals surface area contributed by atoms with Gasteiger partial charge in [0, 0.05) is 0 Å². The van der Waals surface area contributed by atoms with Gasteiger partial charge in [-0.1, -0.05) is 30.3 Å². The van der Waals surface area contributed by atoms with Gasteiger partial charge in [0.05, 0.1) is 5.56 Å². The minimum atomic E-state index is -4.30. The normalized spacial score (nSPS) is 18.2. The Labute approximate surface area is 115 Å². The molecule has 0 bridgehead atoms. The van der Waals surface area contributed by atoms with Gasteiger partial charge in [0.2, 0.25) is 0 Å². The molecule has 1 unspecified atom stereocenters. The van der Waals surface area contributed by atoms with E-state index in [0.29, 0.717) is 24.2 Å². The number of benzene rings is 2. The Morgan fingerprint density at radius 2 is 1.75 bits per heavy atom. The SMILES string of the molecule is FC(F)(F)c1ccc2c(c1)CCC(c1ccccc1)O2. The lowest BCUT2D eigenvalue weighted by Gasteiger charge is -2.27. The zero-order chi connectivity index (χ0) is 14.2. The van der Waals surface area contributed by atoms with Crippen LogP contribution in [-0.2, 0) is 12.6 Å². The molecule has 20 heavy (non-hydrogen) atoms. The molecular weight excluding hydrogens is 265 g/mol. The number of rotatable bonds is 1. The molecule has 1 aliphatic heterocycles. The first kappa shape index (κ1) is 13.0. The Morgan fingerprint density at radius 1 is 1.00 bits per heavy atom. The van der Waals surface area contributed by atoms with Crippen LogP contribution in [0, 0.1) is 0 Å². The molecule has 0 saturated heterocycles. The minimum absolute atomic E-state index is 0.0829. The monoisotopic (exact) mass is 278 g/mol. The largest absolute Gasteiger partial charge is 0.485 e. The smallest absolute Gasteiger partial charge is 0.416 e. The molecule has 0 N–H and O–H groups in total. The molecule has 0 amide bonds. The van der Waals surface area contributed by atoms with Crippen LogP contribution in [0.1, 0.15) is 29.2 Å². The van der Waals surface area contributed by atoms with Gasteiger partial charge in [-0.25, -0.2) is 0 Å². The third kappa shape index (κ3) is 2.50. The molecule has 0 saturated carbocycles. The quantitative estimate of drug-likeness (QED) is 0.730. The average Bonchev–Trinajstić information content (AvgIpc) is 2.46. The van der Waals surface area contributed by atoms with Gasteiger partial charge in [-0.15, -0.1) is 0 Å². The second-order valence-electron chi connectivity index (χ2n) is 4.88. The van der Waals surface area contributed by atoms with Gasteiger partial charge in [-0.2, -0.15) is 13.2 Å². The molecule has 2 aromatic carbocycles. The molecule has 0 spiro atoms. The summed E-state index contributed by atoms with van der Waals surface area (Å²) in [6.45, 7) is 0. The fraction of sp³-hybridized carbons (Fsp3) is 0.250. The third-order valence-electron chi connectivity index (χ3n) is 3.50. The molecule has 1 atom stereocenters. The van der Waals surface area contributed by atoms with Crippen LogP contribution in [0.3, 0.4) is 0 Å². The highest BCUT2D eigenvalue weighted by Crippen LogP contribution is 2.38. The van der Waals surface area contributed by atoms with E-state index in [1.807, 2.05) is 30.3 Å². The van der Waals surface area contributed by atoms with Gasteiger partial charge >= 0.3 is 6.18 Å². The van der Waals surface area contributed by atoms with Crippen molar-refractivity contribution in [1.29, 1.82) is 0 Å². The first-order chi connectivity index (χ1) is 9.54. The summed E-state index contributed by atoms with van der Waals surface area (Å²) in [5.41, 5.74) is 1.07. The van der Waals surface area contributed by atoms with Gasteiger partial charge in [-0.3, -0.25) is 0 Å². The van der Waals surface area contributed by atoms with Crippen LogP contribution in [-0.4, -0.2) is 0 Å². The third-order valence-corrected chi connectivity index (χ3v) is 3.50. The van der Waals surface area contributed by atoms with Crippen molar-refractivity contribution in [2.75, 3.05) is 0 Å². The number of halogens is 3. The van der Waals surface area contributed by atoms with Crippen LogP contribution in [0.5, 0.6) is 5.75 Å². The maximum atomic E-state index is 12.7. The van der Waals surface area contributed by atoms with Crippen LogP contribution in [0.4, 0.5) is 13.2 Å². The van der Waals surface area contributed by atoms with Crippen molar-refractivity contribution < 1.29 is 17.9 Å². The molecule has 4 heteroatoms. The van der Waals surface area contributed by atoms with Gasteiger partial charge in [0.1, 0.15) is 11.9 Å². The first-order valence-corrected chi connectivity index (χ1v) is 6.46. The topological polar surface area (TPSA) is 9.23 Å². The fourth-order valence-corrected chi connectivity index (χ4v) is 2.47. The van der Waals surface area contributed by atoms with E-state index in [0.717, 1.165) is 11.6 Å². The maximum absolute atomic E-state index is 12.7. The zero-order valence-corrected chi connectivity index (χ0v) is 10.7. The van der Waals surface area contributed by atoms with E-state index >= 15 is 0 Å². The van der Waals surface area contributed by atoms with E-state index in [2.05, 4.69) is 0 Å². The Balaban J connectivity index is 1.86. The van der Waals surface area contributed by atoms with Gasteiger partial charge in [0.25, 0.3) is 0 Å². The molecule has 104 valence electrons. The number of hydrogen-bond acceptors (Lipinski definition) is 1. The molecule has 3 rings (SSSR count). The van der Waals surface area contributed by atoms with Gasteiger partial charge < -0.3 is 4.74 Å².